The molecule has 1 amide bonds. The summed E-state index contributed by atoms with van der Waals surface area (Å²) in [5.41, 5.74) is 3.29. The third-order valence-electron chi connectivity index (χ3n) is 5.22. The summed E-state index contributed by atoms with van der Waals surface area (Å²) in [6, 6.07) is 20.5. The molecule has 11 heteroatoms. The lowest BCUT2D eigenvalue weighted by Crippen LogP contribution is -2.15. The van der Waals surface area contributed by atoms with Crippen molar-refractivity contribution in [3.8, 4) is 0 Å². The summed E-state index contributed by atoms with van der Waals surface area (Å²) in [4.78, 5) is 12.7. The monoisotopic (exact) mass is 541 g/mol. The van der Waals surface area contributed by atoms with Crippen molar-refractivity contribution in [2.45, 2.75) is 23.0 Å². The summed E-state index contributed by atoms with van der Waals surface area (Å²) >= 11 is 1.11. The minimum atomic E-state index is -3.80. The van der Waals surface area contributed by atoms with Gasteiger partial charge in [-0.05, 0) is 91.0 Å². The molecule has 0 atom stereocenters. The van der Waals surface area contributed by atoms with Crippen molar-refractivity contribution in [3.05, 3.63) is 101 Å². The first kappa shape index (κ1) is 25.4. The number of hydrogen-bond donors (Lipinski definition) is 3. The summed E-state index contributed by atoms with van der Waals surface area (Å²) < 4.78 is 55.5. The van der Waals surface area contributed by atoms with Gasteiger partial charge < -0.3 is 5.32 Å². The van der Waals surface area contributed by atoms with E-state index in [2.05, 4.69) is 14.8 Å². The van der Waals surface area contributed by atoms with Crippen LogP contribution in [0.1, 0.15) is 21.5 Å². The lowest BCUT2D eigenvalue weighted by atomic mass is 10.1. The van der Waals surface area contributed by atoms with Crippen molar-refractivity contribution < 1.29 is 21.6 Å². The molecule has 186 valence electrons. The number of amides is 1. The van der Waals surface area contributed by atoms with E-state index in [1.54, 1.807) is 17.5 Å². The van der Waals surface area contributed by atoms with Crippen LogP contribution in [0.5, 0.6) is 0 Å². The van der Waals surface area contributed by atoms with E-state index in [1.807, 2.05) is 26.0 Å². The second-order valence-corrected chi connectivity index (χ2v) is 12.6. The summed E-state index contributed by atoms with van der Waals surface area (Å²) in [7, 11) is -7.48. The zero-order valence-electron chi connectivity index (χ0n) is 19.3. The zero-order valence-corrected chi connectivity index (χ0v) is 21.8. The molecule has 3 aromatic carbocycles. The van der Waals surface area contributed by atoms with Gasteiger partial charge in [-0.3, -0.25) is 14.2 Å². The number of sulfonamides is 2. The number of nitrogens with one attached hydrogen (secondary N) is 3. The van der Waals surface area contributed by atoms with Gasteiger partial charge in [-0.25, -0.2) is 16.8 Å². The van der Waals surface area contributed by atoms with Crippen molar-refractivity contribution in [1.82, 2.24) is 0 Å². The Morgan fingerprint density at radius 1 is 0.750 bits per heavy atom. The molecule has 0 aliphatic carbocycles. The van der Waals surface area contributed by atoms with Gasteiger partial charge in [0.2, 0.25) is 0 Å². The summed E-state index contributed by atoms with van der Waals surface area (Å²) in [5.74, 6) is -0.424. The lowest BCUT2D eigenvalue weighted by molar-refractivity contribution is 0.102. The van der Waals surface area contributed by atoms with Crippen molar-refractivity contribution >= 4 is 54.4 Å². The number of carbonyl (C=O) groups is 1. The molecule has 0 radical (unpaired) electrons. The third-order valence-corrected chi connectivity index (χ3v) is 9.38. The minimum absolute atomic E-state index is 0.0591. The van der Waals surface area contributed by atoms with Gasteiger partial charge in [0.25, 0.3) is 26.0 Å². The quantitative estimate of drug-likeness (QED) is 0.282. The maximum Gasteiger partial charge on any atom is 0.271 e. The van der Waals surface area contributed by atoms with E-state index >= 15 is 0 Å². The molecule has 1 aromatic heterocycles. The number of aryl methyl sites for hydroxylation is 2. The summed E-state index contributed by atoms with van der Waals surface area (Å²) in [6.07, 6.45) is 0. The molecular weight excluding hydrogens is 518 g/mol. The fourth-order valence-electron chi connectivity index (χ4n) is 3.28. The molecule has 0 bridgehead atoms. The number of rotatable bonds is 8. The van der Waals surface area contributed by atoms with Gasteiger partial charge in [-0.2, -0.15) is 0 Å². The molecule has 0 aliphatic rings. The number of hydrogen-bond acceptors (Lipinski definition) is 6. The largest absolute Gasteiger partial charge is 0.322 e. The Labute approximate surface area is 214 Å². The first-order valence-electron chi connectivity index (χ1n) is 10.7. The van der Waals surface area contributed by atoms with E-state index in [0.29, 0.717) is 22.6 Å². The molecule has 0 saturated carbocycles. The molecule has 1 heterocycles. The van der Waals surface area contributed by atoms with E-state index in [9.17, 15) is 21.6 Å². The Kier molecular flexibility index (Phi) is 7.16. The molecule has 0 fully saturated rings. The number of thiophene rings is 1. The van der Waals surface area contributed by atoms with Crippen molar-refractivity contribution in [2.24, 2.45) is 0 Å². The zero-order chi connectivity index (χ0) is 25.9. The Balaban J connectivity index is 1.41. The Morgan fingerprint density at radius 3 is 2.06 bits per heavy atom. The van der Waals surface area contributed by atoms with Gasteiger partial charge in [-0.15, -0.1) is 11.3 Å². The molecule has 0 saturated heterocycles. The van der Waals surface area contributed by atoms with Crippen LogP contribution in [-0.4, -0.2) is 22.7 Å². The van der Waals surface area contributed by atoms with E-state index in [4.69, 9.17) is 0 Å². The number of anilines is 3. The van der Waals surface area contributed by atoms with Crippen LogP contribution in [0.3, 0.4) is 0 Å². The lowest BCUT2D eigenvalue weighted by Gasteiger charge is -2.12. The van der Waals surface area contributed by atoms with Crippen LogP contribution < -0.4 is 14.8 Å². The van der Waals surface area contributed by atoms with Gasteiger partial charge in [0.05, 0.1) is 10.6 Å². The Hall–Kier alpha value is -3.67. The maximum absolute atomic E-state index is 12.8. The Bertz CT molecular complexity index is 1600. The highest BCUT2D eigenvalue weighted by Crippen LogP contribution is 2.23. The van der Waals surface area contributed by atoms with Gasteiger partial charge in [-0.1, -0.05) is 18.2 Å². The van der Waals surface area contributed by atoms with Gasteiger partial charge in [0.1, 0.15) is 4.21 Å². The second kappa shape index (κ2) is 10.1. The summed E-state index contributed by atoms with van der Waals surface area (Å²) in [5, 5.41) is 4.37. The molecular formula is C25H23N3O5S3. The molecule has 8 nitrogen and oxygen atoms in total. The van der Waals surface area contributed by atoms with Gasteiger partial charge in [0, 0.05) is 16.9 Å². The van der Waals surface area contributed by atoms with Crippen LogP contribution in [-0.2, 0) is 20.0 Å². The standard InChI is InChI=1S/C25H23N3O5S3/c1-17-5-6-18(2)23(16-17)28-35(30,31)22-13-11-20(12-14-22)26-25(29)19-7-9-21(10-8-19)27-36(32,33)24-4-3-15-34-24/h3-16,27-28H,1-2H3,(H,26,29). The van der Waals surface area contributed by atoms with Crippen molar-refractivity contribution in [3.63, 3.8) is 0 Å². The van der Waals surface area contributed by atoms with Crippen LogP contribution in [0.25, 0.3) is 0 Å². The molecule has 3 N–H and O–H groups in total. The highest BCUT2D eigenvalue weighted by atomic mass is 32.2. The van der Waals surface area contributed by atoms with Gasteiger partial charge >= 0.3 is 0 Å². The average molecular weight is 542 g/mol. The normalized spacial score (nSPS) is 11.6. The van der Waals surface area contributed by atoms with E-state index in [0.717, 1.165) is 22.5 Å². The predicted molar refractivity (Wildman–Crippen MR) is 143 cm³/mol. The Morgan fingerprint density at radius 2 is 1.42 bits per heavy atom. The number of benzene rings is 3. The highest BCUT2D eigenvalue weighted by Gasteiger charge is 2.17. The maximum atomic E-state index is 12.8. The van der Waals surface area contributed by atoms with Crippen molar-refractivity contribution in [1.29, 1.82) is 0 Å². The van der Waals surface area contributed by atoms with Crippen LogP contribution in [0.2, 0.25) is 0 Å². The van der Waals surface area contributed by atoms with Crippen LogP contribution in [0.4, 0.5) is 17.1 Å². The molecule has 4 aromatic rings. The van der Waals surface area contributed by atoms with E-state index in [1.165, 1.54) is 54.6 Å². The van der Waals surface area contributed by atoms with E-state index < -0.39 is 26.0 Å². The summed E-state index contributed by atoms with van der Waals surface area (Å²) in [6.45, 7) is 3.70. The fourth-order valence-corrected chi connectivity index (χ4v) is 6.45. The molecule has 0 unspecified atom stereocenters. The smallest absolute Gasteiger partial charge is 0.271 e. The van der Waals surface area contributed by atoms with E-state index in [-0.39, 0.29) is 9.10 Å². The molecule has 0 aliphatic heterocycles. The van der Waals surface area contributed by atoms with Crippen LogP contribution in [0.15, 0.2) is 93.3 Å². The van der Waals surface area contributed by atoms with Crippen LogP contribution in [0, 0.1) is 13.8 Å². The minimum Gasteiger partial charge on any atom is -0.322 e. The topological polar surface area (TPSA) is 121 Å². The SMILES string of the molecule is Cc1ccc(C)c(NS(=O)(=O)c2ccc(NC(=O)c3ccc(NS(=O)(=O)c4cccs4)cc3)cc2)c1. The van der Waals surface area contributed by atoms with Crippen LogP contribution >= 0.6 is 11.3 Å². The molecule has 36 heavy (non-hydrogen) atoms. The van der Waals surface area contributed by atoms with Gasteiger partial charge in [0.15, 0.2) is 0 Å². The second-order valence-electron chi connectivity index (χ2n) is 8.02. The highest BCUT2D eigenvalue weighted by molar-refractivity contribution is 7.94. The molecule has 0 spiro atoms. The number of carbonyl (C=O) groups excluding carboxylic acids is 1. The first-order chi connectivity index (χ1) is 17.0. The molecule has 4 rings (SSSR count). The first-order valence-corrected chi connectivity index (χ1v) is 14.6. The fraction of sp³-hybridized carbons (Fsp3) is 0.0800. The average Bonchev–Trinajstić information content (AvgIpc) is 3.38. The predicted octanol–water partition coefficient (Wildman–Crippen LogP) is 5.22. The van der Waals surface area contributed by atoms with Crippen molar-refractivity contribution in [2.75, 3.05) is 14.8 Å². The third kappa shape index (κ3) is 5.93.